The second kappa shape index (κ2) is 7.76. The van der Waals surface area contributed by atoms with E-state index >= 15 is 0 Å². The molecule has 0 fully saturated rings. The van der Waals surface area contributed by atoms with Gasteiger partial charge in [0.15, 0.2) is 0 Å². The van der Waals surface area contributed by atoms with Crippen LogP contribution in [0.2, 0.25) is 0 Å². The van der Waals surface area contributed by atoms with Crippen molar-refractivity contribution in [3.05, 3.63) is 0 Å². The normalized spacial score (nSPS) is 13.1. The summed E-state index contributed by atoms with van der Waals surface area (Å²) in [7, 11) is 1.63. The zero-order chi connectivity index (χ0) is 11.0. The second-order valence-corrected chi connectivity index (χ2v) is 3.21. The van der Waals surface area contributed by atoms with Crippen molar-refractivity contribution < 1.29 is 14.6 Å². The SMILES string of the molecule is CCN(CC)C(CCCOC)C(=O)O. The highest BCUT2D eigenvalue weighted by Gasteiger charge is 2.22. The summed E-state index contributed by atoms with van der Waals surface area (Å²) in [6, 6.07) is -0.361. The molecule has 0 bridgehead atoms. The highest BCUT2D eigenvalue weighted by molar-refractivity contribution is 5.73. The van der Waals surface area contributed by atoms with Crippen molar-refractivity contribution in [3.63, 3.8) is 0 Å². The number of nitrogens with zero attached hydrogens (tertiary/aromatic N) is 1. The first-order chi connectivity index (χ1) is 6.67. The van der Waals surface area contributed by atoms with Gasteiger partial charge in [-0.05, 0) is 25.9 Å². The van der Waals surface area contributed by atoms with Crippen molar-refractivity contribution in [2.75, 3.05) is 26.8 Å². The van der Waals surface area contributed by atoms with Crippen LogP contribution in [0.25, 0.3) is 0 Å². The molecule has 0 spiro atoms. The Morgan fingerprint density at radius 2 is 2.00 bits per heavy atom. The van der Waals surface area contributed by atoms with E-state index in [1.807, 2.05) is 18.7 Å². The molecule has 0 heterocycles. The molecule has 14 heavy (non-hydrogen) atoms. The maximum absolute atomic E-state index is 11.0. The van der Waals surface area contributed by atoms with E-state index in [-0.39, 0.29) is 6.04 Å². The number of hydrogen-bond acceptors (Lipinski definition) is 3. The number of carboxylic acids is 1. The molecule has 0 aromatic rings. The first kappa shape index (κ1) is 13.4. The van der Waals surface area contributed by atoms with E-state index in [1.165, 1.54) is 0 Å². The van der Waals surface area contributed by atoms with Gasteiger partial charge in [0.05, 0.1) is 0 Å². The van der Waals surface area contributed by atoms with Crippen LogP contribution in [0.4, 0.5) is 0 Å². The van der Waals surface area contributed by atoms with Crippen molar-refractivity contribution in [1.82, 2.24) is 4.90 Å². The fourth-order valence-corrected chi connectivity index (χ4v) is 1.55. The molecule has 1 N–H and O–H groups in total. The van der Waals surface area contributed by atoms with E-state index in [2.05, 4.69) is 0 Å². The number of methoxy groups -OCH3 is 1. The molecule has 0 aliphatic heterocycles. The van der Waals surface area contributed by atoms with Crippen LogP contribution in [0.5, 0.6) is 0 Å². The quantitative estimate of drug-likeness (QED) is 0.602. The molecular weight excluding hydrogens is 182 g/mol. The van der Waals surface area contributed by atoms with Gasteiger partial charge in [0, 0.05) is 13.7 Å². The summed E-state index contributed by atoms with van der Waals surface area (Å²) in [5.41, 5.74) is 0. The molecule has 0 saturated carbocycles. The van der Waals surface area contributed by atoms with Gasteiger partial charge in [-0.15, -0.1) is 0 Å². The Kier molecular flexibility index (Phi) is 7.42. The molecule has 4 nitrogen and oxygen atoms in total. The van der Waals surface area contributed by atoms with Crippen LogP contribution in [-0.4, -0.2) is 48.8 Å². The molecule has 0 radical (unpaired) electrons. The van der Waals surface area contributed by atoms with Crippen LogP contribution in [-0.2, 0) is 9.53 Å². The number of hydrogen-bond donors (Lipinski definition) is 1. The summed E-state index contributed by atoms with van der Waals surface area (Å²) in [5.74, 6) is -0.732. The number of carbonyl (C=O) groups is 1. The molecule has 0 aromatic heterocycles. The standard InChI is InChI=1S/C10H21NO3/c1-4-11(5-2)9(10(12)13)7-6-8-14-3/h9H,4-8H2,1-3H3,(H,12,13). The Labute approximate surface area is 85.9 Å². The van der Waals surface area contributed by atoms with Crippen LogP contribution in [0.15, 0.2) is 0 Å². The first-order valence-electron chi connectivity index (χ1n) is 5.13. The number of likely N-dealkylation sites (N-methyl/N-ethyl adjacent to an activating group) is 1. The minimum absolute atomic E-state index is 0.361. The topological polar surface area (TPSA) is 49.8 Å². The van der Waals surface area contributed by atoms with Gasteiger partial charge >= 0.3 is 5.97 Å². The second-order valence-electron chi connectivity index (χ2n) is 3.21. The third-order valence-corrected chi connectivity index (χ3v) is 2.36. The average molecular weight is 203 g/mol. The zero-order valence-electron chi connectivity index (χ0n) is 9.32. The van der Waals surface area contributed by atoms with E-state index < -0.39 is 5.97 Å². The van der Waals surface area contributed by atoms with Crippen LogP contribution in [0, 0.1) is 0 Å². The highest BCUT2D eigenvalue weighted by Crippen LogP contribution is 2.07. The van der Waals surface area contributed by atoms with Gasteiger partial charge in [-0.25, -0.2) is 0 Å². The van der Waals surface area contributed by atoms with Gasteiger partial charge in [-0.1, -0.05) is 13.8 Å². The van der Waals surface area contributed by atoms with Crippen LogP contribution < -0.4 is 0 Å². The number of ether oxygens (including phenoxy) is 1. The van der Waals surface area contributed by atoms with Crippen LogP contribution >= 0.6 is 0 Å². The van der Waals surface area contributed by atoms with Crippen LogP contribution in [0.1, 0.15) is 26.7 Å². The highest BCUT2D eigenvalue weighted by atomic mass is 16.5. The maximum Gasteiger partial charge on any atom is 0.320 e. The van der Waals surface area contributed by atoms with Gasteiger partial charge in [-0.3, -0.25) is 9.69 Å². The van der Waals surface area contributed by atoms with Crippen molar-refractivity contribution in [3.8, 4) is 0 Å². The van der Waals surface area contributed by atoms with Gasteiger partial charge in [-0.2, -0.15) is 0 Å². The largest absolute Gasteiger partial charge is 0.480 e. The molecule has 1 unspecified atom stereocenters. The lowest BCUT2D eigenvalue weighted by Gasteiger charge is -2.25. The summed E-state index contributed by atoms with van der Waals surface area (Å²) in [4.78, 5) is 12.9. The zero-order valence-corrected chi connectivity index (χ0v) is 9.32. The Morgan fingerprint density at radius 1 is 1.43 bits per heavy atom. The average Bonchev–Trinajstić information content (AvgIpc) is 2.17. The third-order valence-electron chi connectivity index (χ3n) is 2.36. The number of carboxylic acid groups (broad SMARTS) is 1. The molecular formula is C10H21NO3. The lowest BCUT2D eigenvalue weighted by Crippen LogP contribution is -2.41. The third kappa shape index (κ3) is 4.58. The molecule has 0 aromatic carbocycles. The summed E-state index contributed by atoms with van der Waals surface area (Å²) < 4.78 is 4.91. The molecule has 1 atom stereocenters. The number of aliphatic carboxylic acids is 1. The predicted molar refractivity (Wildman–Crippen MR) is 55.5 cm³/mol. The van der Waals surface area contributed by atoms with E-state index in [4.69, 9.17) is 9.84 Å². The fraction of sp³-hybridized carbons (Fsp3) is 0.900. The summed E-state index contributed by atoms with van der Waals surface area (Å²) in [6.07, 6.45) is 1.45. The van der Waals surface area contributed by atoms with Gasteiger partial charge in [0.2, 0.25) is 0 Å². The smallest absolute Gasteiger partial charge is 0.320 e. The minimum atomic E-state index is -0.732. The van der Waals surface area contributed by atoms with Gasteiger partial charge in [0.25, 0.3) is 0 Å². The monoisotopic (exact) mass is 203 g/mol. The van der Waals surface area contributed by atoms with Gasteiger partial charge < -0.3 is 9.84 Å². The van der Waals surface area contributed by atoms with Crippen molar-refractivity contribution >= 4 is 5.97 Å². The minimum Gasteiger partial charge on any atom is -0.480 e. The molecule has 0 aliphatic carbocycles. The molecule has 4 heteroatoms. The van der Waals surface area contributed by atoms with Gasteiger partial charge in [0.1, 0.15) is 6.04 Å². The molecule has 84 valence electrons. The maximum atomic E-state index is 11.0. The Morgan fingerprint density at radius 3 is 2.36 bits per heavy atom. The van der Waals surface area contributed by atoms with E-state index in [0.29, 0.717) is 13.0 Å². The lowest BCUT2D eigenvalue weighted by molar-refractivity contribution is -0.143. The van der Waals surface area contributed by atoms with E-state index in [9.17, 15) is 4.79 Å². The van der Waals surface area contributed by atoms with Crippen LogP contribution in [0.3, 0.4) is 0 Å². The predicted octanol–water partition coefficient (Wildman–Crippen LogP) is 1.21. The van der Waals surface area contributed by atoms with E-state index in [1.54, 1.807) is 7.11 Å². The molecule has 0 aliphatic rings. The summed E-state index contributed by atoms with van der Waals surface area (Å²) >= 11 is 0. The Hall–Kier alpha value is -0.610. The Balaban J connectivity index is 4.06. The Bertz CT molecular complexity index is 157. The molecule has 0 amide bonds. The lowest BCUT2D eigenvalue weighted by atomic mass is 10.1. The number of rotatable bonds is 8. The summed E-state index contributed by atoms with van der Waals surface area (Å²) in [6.45, 7) is 6.15. The summed E-state index contributed by atoms with van der Waals surface area (Å²) in [5, 5.41) is 9.02. The van der Waals surface area contributed by atoms with Crippen molar-refractivity contribution in [1.29, 1.82) is 0 Å². The van der Waals surface area contributed by atoms with Crippen molar-refractivity contribution in [2.24, 2.45) is 0 Å². The fourth-order valence-electron chi connectivity index (χ4n) is 1.55. The van der Waals surface area contributed by atoms with E-state index in [0.717, 1.165) is 19.5 Å². The molecule has 0 saturated heterocycles. The molecule has 0 rings (SSSR count). The first-order valence-corrected chi connectivity index (χ1v) is 5.13. The van der Waals surface area contributed by atoms with Crippen molar-refractivity contribution in [2.45, 2.75) is 32.7 Å².